The van der Waals surface area contributed by atoms with Crippen LogP contribution in [0.1, 0.15) is 31.7 Å². The van der Waals surface area contributed by atoms with Crippen molar-refractivity contribution in [2.75, 3.05) is 0 Å². The zero-order chi connectivity index (χ0) is 11.1. The van der Waals surface area contributed by atoms with Gasteiger partial charge in [-0.05, 0) is 24.5 Å². The van der Waals surface area contributed by atoms with Crippen LogP contribution in [0.5, 0.6) is 0 Å². The summed E-state index contributed by atoms with van der Waals surface area (Å²) in [5.41, 5.74) is 0.902. The summed E-state index contributed by atoms with van der Waals surface area (Å²) in [5, 5.41) is 0.697. The van der Waals surface area contributed by atoms with E-state index in [0.29, 0.717) is 10.4 Å². The Bertz CT molecular complexity index is 478. The Morgan fingerprint density at radius 3 is 2.53 bits per heavy atom. The van der Waals surface area contributed by atoms with E-state index in [-0.39, 0.29) is 0 Å². The van der Waals surface area contributed by atoms with E-state index in [2.05, 4.69) is 6.92 Å². The predicted molar refractivity (Wildman–Crippen MR) is 58.5 cm³/mol. The van der Waals surface area contributed by atoms with Crippen LogP contribution in [-0.2, 0) is 16.0 Å². The van der Waals surface area contributed by atoms with Crippen molar-refractivity contribution in [2.45, 2.75) is 32.6 Å². The summed E-state index contributed by atoms with van der Waals surface area (Å²) < 4.78 is 0. The van der Waals surface area contributed by atoms with Crippen molar-refractivity contribution in [1.29, 1.82) is 0 Å². The molecule has 0 N–H and O–H groups in total. The maximum absolute atomic E-state index is 10.7. The molecule has 0 aliphatic rings. The Labute approximate surface area is 88.9 Å². The van der Waals surface area contributed by atoms with Gasteiger partial charge in [-0.2, -0.15) is 0 Å². The molecule has 0 unspecified atom stereocenters. The predicted octanol–water partition coefficient (Wildman–Crippen LogP) is 0.426. The SMILES string of the molecule is CCCCCc1cccc(=C=O)c1=C=O. The topological polar surface area (TPSA) is 34.1 Å². The molecule has 15 heavy (non-hydrogen) atoms. The molecule has 1 aromatic rings. The van der Waals surface area contributed by atoms with Crippen LogP contribution in [0, 0.1) is 0 Å². The van der Waals surface area contributed by atoms with Gasteiger partial charge < -0.3 is 0 Å². The van der Waals surface area contributed by atoms with Crippen molar-refractivity contribution >= 4 is 11.9 Å². The van der Waals surface area contributed by atoms with Crippen molar-refractivity contribution in [2.24, 2.45) is 0 Å². The first-order chi connectivity index (χ1) is 7.33. The van der Waals surface area contributed by atoms with Crippen molar-refractivity contribution < 1.29 is 9.59 Å². The monoisotopic (exact) mass is 202 g/mol. The van der Waals surface area contributed by atoms with Gasteiger partial charge in [0.15, 0.2) is 0 Å². The van der Waals surface area contributed by atoms with E-state index in [0.717, 1.165) is 31.2 Å². The standard InChI is InChI=1S/C13H14O2/c1-2-3-4-6-11-7-5-8-12(9-14)13(11)10-15/h5,7-8H,2-4,6H2,1H3. The number of benzene rings is 1. The van der Waals surface area contributed by atoms with Crippen LogP contribution in [0.4, 0.5) is 0 Å². The number of unbranched alkanes of at least 4 members (excludes halogenated alkanes) is 2. The summed E-state index contributed by atoms with van der Waals surface area (Å²) >= 11 is 0. The zero-order valence-corrected chi connectivity index (χ0v) is 8.88. The Morgan fingerprint density at radius 1 is 1.13 bits per heavy atom. The lowest BCUT2D eigenvalue weighted by molar-refractivity contribution is 0.564. The van der Waals surface area contributed by atoms with E-state index in [1.54, 1.807) is 18.1 Å². The molecule has 0 fully saturated rings. The molecule has 0 amide bonds. The zero-order valence-electron chi connectivity index (χ0n) is 8.88. The first-order valence-electron chi connectivity index (χ1n) is 5.21. The Morgan fingerprint density at radius 2 is 1.93 bits per heavy atom. The molecule has 0 aliphatic heterocycles. The summed E-state index contributed by atoms with van der Waals surface area (Å²) in [4.78, 5) is 21.3. The van der Waals surface area contributed by atoms with Crippen molar-refractivity contribution in [3.05, 3.63) is 34.2 Å². The van der Waals surface area contributed by atoms with Gasteiger partial charge in [-0.15, -0.1) is 0 Å². The highest BCUT2D eigenvalue weighted by Crippen LogP contribution is 2.00. The Balaban J connectivity index is 3.10. The first kappa shape index (κ1) is 11.5. The van der Waals surface area contributed by atoms with Gasteiger partial charge >= 0.3 is 0 Å². The molecule has 1 rings (SSSR count). The summed E-state index contributed by atoms with van der Waals surface area (Å²) in [5.74, 6) is 3.59. The molecular formula is C13H14O2. The molecule has 1 aromatic carbocycles. The first-order valence-corrected chi connectivity index (χ1v) is 5.21. The number of carbonyl (C=O) groups excluding carboxylic acids is 2. The van der Waals surface area contributed by atoms with Gasteiger partial charge in [0.25, 0.3) is 0 Å². The van der Waals surface area contributed by atoms with Gasteiger partial charge in [-0.25, -0.2) is 9.59 Å². The number of rotatable bonds is 4. The van der Waals surface area contributed by atoms with Gasteiger partial charge in [-0.1, -0.05) is 31.9 Å². The lowest BCUT2D eigenvalue weighted by atomic mass is 10.0. The smallest absolute Gasteiger partial charge is 0.134 e. The average Bonchev–Trinajstić information content (AvgIpc) is 2.29. The van der Waals surface area contributed by atoms with Crippen LogP contribution < -0.4 is 10.4 Å². The van der Waals surface area contributed by atoms with E-state index in [1.165, 1.54) is 0 Å². The van der Waals surface area contributed by atoms with Crippen LogP contribution in [0.2, 0.25) is 0 Å². The van der Waals surface area contributed by atoms with Crippen molar-refractivity contribution in [3.63, 3.8) is 0 Å². The molecule has 2 heteroatoms. The third-order valence-corrected chi connectivity index (χ3v) is 2.41. The molecule has 0 bridgehead atoms. The maximum atomic E-state index is 10.7. The molecule has 0 atom stereocenters. The van der Waals surface area contributed by atoms with Crippen LogP contribution in [-0.4, -0.2) is 11.9 Å². The van der Waals surface area contributed by atoms with Crippen LogP contribution in [0.15, 0.2) is 18.2 Å². The van der Waals surface area contributed by atoms with Gasteiger partial charge in [-0.3, -0.25) is 0 Å². The number of aryl methyl sites for hydroxylation is 1. The van der Waals surface area contributed by atoms with Gasteiger partial charge in [0.05, 0.1) is 10.4 Å². The minimum atomic E-state index is 0.319. The normalized spacial score (nSPS) is 9.40. The largest absolute Gasteiger partial charge is 0.233 e. The second-order valence-corrected chi connectivity index (χ2v) is 3.50. The van der Waals surface area contributed by atoms with Crippen molar-refractivity contribution in [1.82, 2.24) is 0 Å². The molecule has 0 heterocycles. The summed E-state index contributed by atoms with van der Waals surface area (Å²) in [6.07, 6.45) is 4.13. The van der Waals surface area contributed by atoms with E-state index >= 15 is 0 Å². The van der Waals surface area contributed by atoms with E-state index in [1.807, 2.05) is 12.0 Å². The highest BCUT2D eigenvalue weighted by molar-refractivity contribution is 5.56. The molecule has 0 radical (unpaired) electrons. The highest BCUT2D eigenvalue weighted by atomic mass is 16.1. The summed E-state index contributed by atoms with van der Waals surface area (Å²) in [6.45, 7) is 2.13. The lowest BCUT2D eigenvalue weighted by Gasteiger charge is -1.99. The average molecular weight is 202 g/mol. The fourth-order valence-electron chi connectivity index (χ4n) is 1.58. The van der Waals surface area contributed by atoms with E-state index in [4.69, 9.17) is 0 Å². The summed E-state index contributed by atoms with van der Waals surface area (Å²) in [6, 6.07) is 5.25. The minimum Gasteiger partial charge on any atom is -0.233 e. The second-order valence-electron chi connectivity index (χ2n) is 3.50. The molecule has 0 spiro atoms. The molecule has 2 nitrogen and oxygen atoms in total. The Kier molecular flexibility index (Phi) is 4.56. The van der Waals surface area contributed by atoms with Crippen LogP contribution >= 0.6 is 0 Å². The minimum absolute atomic E-state index is 0.319. The van der Waals surface area contributed by atoms with Gasteiger partial charge in [0, 0.05) is 0 Å². The highest BCUT2D eigenvalue weighted by Gasteiger charge is 1.98. The van der Waals surface area contributed by atoms with E-state index < -0.39 is 0 Å². The second kappa shape index (κ2) is 5.98. The van der Waals surface area contributed by atoms with Gasteiger partial charge in [0.2, 0.25) is 0 Å². The molecule has 0 saturated carbocycles. The summed E-state index contributed by atoms with van der Waals surface area (Å²) in [7, 11) is 0. The molecule has 0 saturated heterocycles. The lowest BCUT2D eigenvalue weighted by Crippen LogP contribution is -2.30. The fraction of sp³-hybridized carbons (Fsp3) is 0.385. The van der Waals surface area contributed by atoms with Gasteiger partial charge in [0.1, 0.15) is 11.9 Å². The fourth-order valence-corrected chi connectivity index (χ4v) is 1.58. The molecule has 0 aliphatic carbocycles. The Hall–Kier alpha value is -1.62. The molecule has 78 valence electrons. The third-order valence-electron chi connectivity index (χ3n) is 2.41. The number of hydrogen-bond donors (Lipinski definition) is 0. The maximum Gasteiger partial charge on any atom is 0.134 e. The number of hydrogen-bond acceptors (Lipinski definition) is 2. The van der Waals surface area contributed by atoms with Crippen LogP contribution in [0.3, 0.4) is 0 Å². The molecular weight excluding hydrogens is 188 g/mol. The quantitative estimate of drug-likeness (QED) is 0.663. The van der Waals surface area contributed by atoms with E-state index in [9.17, 15) is 9.59 Å². The molecule has 0 aromatic heterocycles. The third kappa shape index (κ3) is 2.92. The van der Waals surface area contributed by atoms with Crippen molar-refractivity contribution in [3.8, 4) is 0 Å². The van der Waals surface area contributed by atoms with Crippen LogP contribution in [0.25, 0.3) is 0 Å².